The van der Waals surface area contributed by atoms with Crippen molar-refractivity contribution < 1.29 is 39.4 Å². The van der Waals surface area contributed by atoms with Gasteiger partial charge in [0.2, 0.25) is 6.29 Å². The Labute approximate surface area is 120 Å². The number of carbonyl (C=O) groups is 1. The van der Waals surface area contributed by atoms with Crippen LogP contribution in [0, 0.1) is 0 Å². The molecule has 1 aromatic carbocycles. The van der Waals surface area contributed by atoms with Gasteiger partial charge in [0.15, 0.2) is 6.10 Å². The van der Waals surface area contributed by atoms with Crippen LogP contribution >= 0.6 is 0 Å². The summed E-state index contributed by atoms with van der Waals surface area (Å²) in [5.41, 5.74) is 0. The van der Waals surface area contributed by atoms with E-state index in [2.05, 4.69) is 0 Å². The predicted molar refractivity (Wildman–Crippen MR) is 67.9 cm³/mol. The summed E-state index contributed by atoms with van der Waals surface area (Å²) in [5, 5.41) is 37.9. The third kappa shape index (κ3) is 3.24. The molecule has 0 aromatic heterocycles. The fourth-order valence-corrected chi connectivity index (χ4v) is 1.94. The molecule has 4 N–H and O–H groups in total. The molecule has 1 fully saturated rings. The number of benzene rings is 1. The average Bonchev–Trinajstić information content (AvgIpc) is 2.48. The van der Waals surface area contributed by atoms with Gasteiger partial charge in [-0.15, -0.1) is 0 Å². The fraction of sp³-hybridized carbons (Fsp3) is 0.462. The molecule has 21 heavy (non-hydrogen) atoms. The molecule has 2 rings (SSSR count). The standard InChI is InChI=1S/C13H16O8/c1-19-6-2-4-7(5-3-6)20-13-10(16)8(14)9(15)11(21-13)12(17)18/h2-5,8-11,13-16H,1H3,(H,17,18)/t8-,9-,10+,11-,13?/m0/s1. The Hall–Kier alpha value is -1.87. The lowest BCUT2D eigenvalue weighted by atomic mass is 9.99. The van der Waals surface area contributed by atoms with Crippen LogP contribution in [-0.4, -0.2) is 64.2 Å². The van der Waals surface area contributed by atoms with Crippen LogP contribution in [0.3, 0.4) is 0 Å². The molecule has 8 nitrogen and oxygen atoms in total. The van der Waals surface area contributed by atoms with Crippen molar-refractivity contribution in [2.45, 2.75) is 30.7 Å². The van der Waals surface area contributed by atoms with E-state index in [1.807, 2.05) is 0 Å². The molecule has 0 saturated carbocycles. The van der Waals surface area contributed by atoms with Crippen LogP contribution in [0.2, 0.25) is 0 Å². The van der Waals surface area contributed by atoms with Crippen LogP contribution in [0.5, 0.6) is 11.5 Å². The molecule has 0 radical (unpaired) electrons. The summed E-state index contributed by atoms with van der Waals surface area (Å²) in [5.74, 6) is -0.587. The van der Waals surface area contributed by atoms with Crippen LogP contribution < -0.4 is 9.47 Å². The summed E-state index contributed by atoms with van der Waals surface area (Å²) in [6.45, 7) is 0. The van der Waals surface area contributed by atoms with E-state index in [1.165, 1.54) is 19.2 Å². The zero-order valence-electron chi connectivity index (χ0n) is 11.1. The van der Waals surface area contributed by atoms with Crippen molar-refractivity contribution in [1.82, 2.24) is 0 Å². The van der Waals surface area contributed by atoms with Gasteiger partial charge >= 0.3 is 5.97 Å². The number of methoxy groups -OCH3 is 1. The molecular formula is C13H16O8. The highest BCUT2D eigenvalue weighted by molar-refractivity contribution is 5.73. The Bertz CT molecular complexity index is 487. The molecule has 0 amide bonds. The molecule has 8 heteroatoms. The monoisotopic (exact) mass is 300 g/mol. The molecule has 0 spiro atoms. The number of carboxylic acids is 1. The lowest BCUT2D eigenvalue weighted by Crippen LogP contribution is -2.61. The van der Waals surface area contributed by atoms with Crippen molar-refractivity contribution in [3.63, 3.8) is 0 Å². The number of hydrogen-bond acceptors (Lipinski definition) is 7. The van der Waals surface area contributed by atoms with Crippen molar-refractivity contribution in [1.29, 1.82) is 0 Å². The van der Waals surface area contributed by atoms with Gasteiger partial charge in [0.25, 0.3) is 0 Å². The number of ether oxygens (including phenoxy) is 3. The van der Waals surface area contributed by atoms with Gasteiger partial charge in [-0.05, 0) is 24.3 Å². The van der Waals surface area contributed by atoms with Crippen molar-refractivity contribution in [2.24, 2.45) is 0 Å². The first-order valence-corrected chi connectivity index (χ1v) is 6.17. The van der Waals surface area contributed by atoms with E-state index < -0.39 is 36.7 Å². The minimum atomic E-state index is -1.74. The third-order valence-corrected chi connectivity index (χ3v) is 3.12. The van der Waals surface area contributed by atoms with E-state index >= 15 is 0 Å². The van der Waals surface area contributed by atoms with Crippen molar-refractivity contribution in [3.05, 3.63) is 24.3 Å². The lowest BCUT2D eigenvalue weighted by molar-refractivity contribution is -0.271. The number of carboxylic acid groups (broad SMARTS) is 1. The quantitative estimate of drug-likeness (QED) is 0.556. The summed E-state index contributed by atoms with van der Waals surface area (Å²) in [6, 6.07) is 6.26. The van der Waals surface area contributed by atoms with Gasteiger partial charge in [-0.1, -0.05) is 0 Å². The maximum atomic E-state index is 10.9. The summed E-state index contributed by atoms with van der Waals surface area (Å²) in [4.78, 5) is 10.9. The Morgan fingerprint density at radius 3 is 2.14 bits per heavy atom. The summed E-state index contributed by atoms with van der Waals surface area (Å²) < 4.78 is 15.3. The first-order chi connectivity index (χ1) is 9.93. The smallest absolute Gasteiger partial charge is 0.335 e. The van der Waals surface area contributed by atoms with Crippen LogP contribution in [0.1, 0.15) is 0 Å². The van der Waals surface area contributed by atoms with E-state index in [-0.39, 0.29) is 5.75 Å². The minimum Gasteiger partial charge on any atom is -0.497 e. The Balaban J connectivity index is 2.11. The molecule has 1 saturated heterocycles. The maximum absolute atomic E-state index is 10.9. The number of rotatable bonds is 4. The minimum absolute atomic E-state index is 0.285. The van der Waals surface area contributed by atoms with Crippen LogP contribution in [0.25, 0.3) is 0 Å². The predicted octanol–water partition coefficient (Wildman–Crippen LogP) is -1.03. The Kier molecular flexibility index (Phi) is 4.63. The highest BCUT2D eigenvalue weighted by Crippen LogP contribution is 2.25. The van der Waals surface area contributed by atoms with Gasteiger partial charge in [0.1, 0.15) is 29.8 Å². The molecule has 116 valence electrons. The SMILES string of the molecule is COc1ccc(OC2O[C@H](C(=O)O)[C@@H](O)[C@H](O)[C@H]2O)cc1. The number of aliphatic hydroxyl groups is 3. The molecule has 1 unspecified atom stereocenters. The van der Waals surface area contributed by atoms with Crippen LogP contribution in [0.4, 0.5) is 0 Å². The zero-order valence-corrected chi connectivity index (χ0v) is 11.1. The van der Waals surface area contributed by atoms with Crippen LogP contribution in [0.15, 0.2) is 24.3 Å². The van der Waals surface area contributed by atoms with Gasteiger partial charge < -0.3 is 34.6 Å². The first kappa shape index (κ1) is 15.5. The molecule has 5 atom stereocenters. The van der Waals surface area contributed by atoms with E-state index in [9.17, 15) is 20.1 Å². The van der Waals surface area contributed by atoms with E-state index in [1.54, 1.807) is 12.1 Å². The van der Waals surface area contributed by atoms with E-state index in [0.29, 0.717) is 5.75 Å². The maximum Gasteiger partial charge on any atom is 0.335 e. The van der Waals surface area contributed by atoms with Gasteiger partial charge in [0, 0.05) is 0 Å². The van der Waals surface area contributed by atoms with Crippen LogP contribution in [-0.2, 0) is 9.53 Å². The fourth-order valence-electron chi connectivity index (χ4n) is 1.94. The van der Waals surface area contributed by atoms with Gasteiger partial charge in [-0.2, -0.15) is 0 Å². The van der Waals surface area contributed by atoms with Crippen molar-refractivity contribution in [3.8, 4) is 11.5 Å². The van der Waals surface area contributed by atoms with Gasteiger partial charge in [-0.3, -0.25) is 0 Å². The second-order valence-corrected chi connectivity index (χ2v) is 4.53. The zero-order chi connectivity index (χ0) is 15.6. The second-order valence-electron chi connectivity index (χ2n) is 4.53. The largest absolute Gasteiger partial charge is 0.497 e. The molecule has 1 aliphatic rings. The summed E-state index contributed by atoms with van der Waals surface area (Å²) in [7, 11) is 1.50. The molecule has 0 bridgehead atoms. The Morgan fingerprint density at radius 2 is 1.62 bits per heavy atom. The number of aliphatic carboxylic acids is 1. The third-order valence-electron chi connectivity index (χ3n) is 3.12. The van der Waals surface area contributed by atoms with Gasteiger partial charge in [0.05, 0.1) is 7.11 Å². The number of aliphatic hydroxyl groups excluding tert-OH is 3. The summed E-state index contributed by atoms with van der Waals surface area (Å²) in [6.07, 6.45) is -8.13. The number of hydrogen-bond donors (Lipinski definition) is 4. The molecule has 1 aliphatic heterocycles. The van der Waals surface area contributed by atoms with Crippen molar-refractivity contribution >= 4 is 5.97 Å². The topological polar surface area (TPSA) is 126 Å². The summed E-state index contributed by atoms with van der Waals surface area (Å²) >= 11 is 0. The molecular weight excluding hydrogens is 284 g/mol. The van der Waals surface area contributed by atoms with E-state index in [0.717, 1.165) is 0 Å². The average molecular weight is 300 g/mol. The highest BCUT2D eigenvalue weighted by atomic mass is 16.7. The highest BCUT2D eigenvalue weighted by Gasteiger charge is 2.48. The molecule has 1 heterocycles. The van der Waals surface area contributed by atoms with Crippen molar-refractivity contribution in [2.75, 3.05) is 7.11 Å². The van der Waals surface area contributed by atoms with Gasteiger partial charge in [-0.25, -0.2) is 4.79 Å². The second kappa shape index (κ2) is 6.27. The Morgan fingerprint density at radius 1 is 1.05 bits per heavy atom. The first-order valence-electron chi connectivity index (χ1n) is 6.17. The lowest BCUT2D eigenvalue weighted by Gasteiger charge is -2.38. The molecule has 1 aromatic rings. The molecule has 0 aliphatic carbocycles. The normalized spacial score (nSPS) is 32.5. The van der Waals surface area contributed by atoms with E-state index in [4.69, 9.17) is 19.3 Å².